The highest BCUT2D eigenvalue weighted by Gasteiger charge is 2.07. The minimum atomic E-state index is 0.276. The van der Waals surface area contributed by atoms with E-state index in [0.717, 1.165) is 48.0 Å². The summed E-state index contributed by atoms with van der Waals surface area (Å²) in [6.07, 6.45) is 6.63. The van der Waals surface area contributed by atoms with Crippen LogP contribution in [0.2, 0.25) is 0 Å². The highest BCUT2D eigenvalue weighted by molar-refractivity contribution is 6.00. The van der Waals surface area contributed by atoms with E-state index in [2.05, 4.69) is 16.9 Å². The molecule has 1 aromatic heterocycles. The lowest BCUT2D eigenvalue weighted by Crippen LogP contribution is -2.19. The third kappa shape index (κ3) is 3.15. The Labute approximate surface area is 113 Å². The van der Waals surface area contributed by atoms with Gasteiger partial charge in [0, 0.05) is 54.7 Å². The average Bonchev–Trinajstić information content (AvgIpc) is 2.44. The van der Waals surface area contributed by atoms with Crippen LogP contribution in [0.5, 0.6) is 0 Å². The molecular weight excluding hydrogens is 238 g/mol. The van der Waals surface area contributed by atoms with Gasteiger partial charge < -0.3 is 15.7 Å². The second kappa shape index (κ2) is 6.38. The van der Waals surface area contributed by atoms with E-state index in [4.69, 9.17) is 10.8 Å². The Hall–Kier alpha value is -1.81. The summed E-state index contributed by atoms with van der Waals surface area (Å²) >= 11 is 0. The molecule has 2 aromatic rings. The molecule has 1 aromatic carbocycles. The molecule has 19 heavy (non-hydrogen) atoms. The standard InChI is InChI=1S/C15H21N3O/c1-18(9-3-2-4-10-19)15-6-5-14(16)12-7-8-17-11-13(12)15/h5-8,11,19H,2-4,9-10,16H2,1H3. The summed E-state index contributed by atoms with van der Waals surface area (Å²) < 4.78 is 0. The molecule has 0 aliphatic rings. The molecule has 4 heteroatoms. The minimum absolute atomic E-state index is 0.276. The van der Waals surface area contributed by atoms with Gasteiger partial charge in [0.15, 0.2) is 0 Å². The number of aliphatic hydroxyl groups is 1. The van der Waals surface area contributed by atoms with Crippen molar-refractivity contribution in [2.24, 2.45) is 0 Å². The zero-order valence-corrected chi connectivity index (χ0v) is 11.3. The Kier molecular flexibility index (Phi) is 4.58. The Balaban J connectivity index is 2.18. The van der Waals surface area contributed by atoms with E-state index in [9.17, 15) is 0 Å². The van der Waals surface area contributed by atoms with Gasteiger partial charge in [-0.15, -0.1) is 0 Å². The minimum Gasteiger partial charge on any atom is -0.398 e. The number of aliphatic hydroxyl groups excluding tert-OH is 1. The van der Waals surface area contributed by atoms with Crippen LogP contribution in [0, 0.1) is 0 Å². The van der Waals surface area contributed by atoms with E-state index in [1.54, 1.807) is 6.20 Å². The van der Waals surface area contributed by atoms with Crippen molar-refractivity contribution in [2.45, 2.75) is 19.3 Å². The molecule has 0 amide bonds. The maximum Gasteiger partial charge on any atom is 0.0460 e. The molecule has 0 bridgehead atoms. The number of nitrogen functional groups attached to an aromatic ring is 1. The fourth-order valence-corrected chi connectivity index (χ4v) is 2.29. The van der Waals surface area contributed by atoms with Crippen LogP contribution in [0.25, 0.3) is 10.8 Å². The molecule has 3 N–H and O–H groups in total. The molecule has 0 unspecified atom stereocenters. The van der Waals surface area contributed by atoms with Crippen LogP contribution in [0.3, 0.4) is 0 Å². The number of pyridine rings is 1. The van der Waals surface area contributed by atoms with Crippen molar-refractivity contribution in [1.82, 2.24) is 4.98 Å². The monoisotopic (exact) mass is 259 g/mol. The Morgan fingerprint density at radius 1 is 1.16 bits per heavy atom. The van der Waals surface area contributed by atoms with Gasteiger partial charge in [-0.05, 0) is 37.5 Å². The smallest absolute Gasteiger partial charge is 0.0460 e. The summed E-state index contributed by atoms with van der Waals surface area (Å²) in [6.45, 7) is 1.24. The molecule has 0 aliphatic heterocycles. The van der Waals surface area contributed by atoms with Crippen LogP contribution in [0.4, 0.5) is 11.4 Å². The Bertz CT molecular complexity index is 542. The number of benzene rings is 1. The van der Waals surface area contributed by atoms with Gasteiger partial charge in [0.1, 0.15) is 0 Å². The maximum atomic E-state index is 8.78. The summed E-state index contributed by atoms with van der Waals surface area (Å²) in [5.41, 5.74) is 7.93. The lowest BCUT2D eigenvalue weighted by molar-refractivity contribution is 0.283. The topological polar surface area (TPSA) is 62.4 Å². The number of nitrogens with zero attached hydrogens (tertiary/aromatic N) is 2. The molecule has 0 aliphatic carbocycles. The van der Waals surface area contributed by atoms with Gasteiger partial charge >= 0.3 is 0 Å². The van der Waals surface area contributed by atoms with Crippen molar-refractivity contribution in [3.63, 3.8) is 0 Å². The zero-order chi connectivity index (χ0) is 13.7. The van der Waals surface area contributed by atoms with Gasteiger partial charge in [0.05, 0.1) is 0 Å². The van der Waals surface area contributed by atoms with Gasteiger partial charge in [0.2, 0.25) is 0 Å². The molecule has 0 saturated heterocycles. The first-order valence-electron chi connectivity index (χ1n) is 6.68. The number of unbranched alkanes of at least 4 members (excludes halogenated alkanes) is 2. The van der Waals surface area contributed by atoms with Crippen molar-refractivity contribution in [2.75, 3.05) is 30.8 Å². The lowest BCUT2D eigenvalue weighted by atomic mass is 10.1. The number of anilines is 2. The molecule has 4 nitrogen and oxygen atoms in total. The number of nitrogens with two attached hydrogens (primary N) is 1. The molecular formula is C15H21N3O. The summed E-state index contributed by atoms with van der Waals surface area (Å²) in [6, 6.07) is 5.95. The lowest BCUT2D eigenvalue weighted by Gasteiger charge is -2.21. The van der Waals surface area contributed by atoms with Gasteiger partial charge in [-0.3, -0.25) is 4.98 Å². The molecule has 0 fully saturated rings. The van der Waals surface area contributed by atoms with Crippen molar-refractivity contribution in [1.29, 1.82) is 0 Å². The SMILES string of the molecule is CN(CCCCCO)c1ccc(N)c2ccncc12. The van der Waals surface area contributed by atoms with Gasteiger partial charge in [-0.1, -0.05) is 0 Å². The number of hydrogen-bond acceptors (Lipinski definition) is 4. The second-order valence-corrected chi connectivity index (χ2v) is 4.80. The predicted octanol–water partition coefficient (Wildman–Crippen LogP) is 2.42. The molecule has 0 saturated carbocycles. The highest BCUT2D eigenvalue weighted by atomic mass is 16.2. The molecule has 2 rings (SSSR count). The van der Waals surface area contributed by atoms with Crippen molar-refractivity contribution in [3.05, 3.63) is 30.6 Å². The first-order chi connectivity index (χ1) is 9.24. The molecule has 102 valence electrons. The molecule has 1 heterocycles. The maximum absolute atomic E-state index is 8.78. The molecule has 0 atom stereocenters. The van der Waals surface area contributed by atoms with E-state index < -0.39 is 0 Å². The van der Waals surface area contributed by atoms with Gasteiger partial charge in [0.25, 0.3) is 0 Å². The molecule has 0 radical (unpaired) electrons. The largest absolute Gasteiger partial charge is 0.398 e. The van der Waals surface area contributed by atoms with Crippen LogP contribution < -0.4 is 10.6 Å². The van der Waals surface area contributed by atoms with Gasteiger partial charge in [-0.2, -0.15) is 0 Å². The highest BCUT2D eigenvalue weighted by Crippen LogP contribution is 2.29. The number of hydrogen-bond donors (Lipinski definition) is 2. The Morgan fingerprint density at radius 2 is 2.00 bits per heavy atom. The van der Waals surface area contributed by atoms with E-state index in [1.807, 2.05) is 24.4 Å². The fraction of sp³-hybridized carbons (Fsp3) is 0.400. The van der Waals surface area contributed by atoms with Crippen LogP contribution in [-0.2, 0) is 0 Å². The van der Waals surface area contributed by atoms with E-state index in [0.29, 0.717) is 0 Å². The Morgan fingerprint density at radius 3 is 2.79 bits per heavy atom. The van der Waals surface area contributed by atoms with Crippen molar-refractivity contribution >= 4 is 22.1 Å². The first kappa shape index (κ1) is 13.6. The first-order valence-corrected chi connectivity index (χ1v) is 6.68. The van der Waals surface area contributed by atoms with Crippen LogP contribution in [0.1, 0.15) is 19.3 Å². The van der Waals surface area contributed by atoms with Crippen molar-refractivity contribution in [3.8, 4) is 0 Å². The number of fused-ring (bicyclic) bond motifs is 1. The van der Waals surface area contributed by atoms with Crippen molar-refractivity contribution < 1.29 is 5.11 Å². The number of rotatable bonds is 6. The third-order valence-electron chi connectivity index (χ3n) is 3.39. The summed E-state index contributed by atoms with van der Waals surface area (Å²) in [4.78, 5) is 6.41. The van der Waals surface area contributed by atoms with E-state index in [1.165, 1.54) is 0 Å². The van der Waals surface area contributed by atoms with Crippen LogP contribution in [-0.4, -0.2) is 30.3 Å². The van der Waals surface area contributed by atoms with Gasteiger partial charge in [-0.25, -0.2) is 0 Å². The van der Waals surface area contributed by atoms with Crippen LogP contribution >= 0.6 is 0 Å². The van der Waals surface area contributed by atoms with Crippen LogP contribution in [0.15, 0.2) is 30.6 Å². The van der Waals surface area contributed by atoms with E-state index in [-0.39, 0.29) is 6.61 Å². The molecule has 0 spiro atoms. The average molecular weight is 259 g/mol. The predicted molar refractivity (Wildman–Crippen MR) is 80.4 cm³/mol. The summed E-state index contributed by atoms with van der Waals surface area (Å²) in [7, 11) is 2.08. The summed E-state index contributed by atoms with van der Waals surface area (Å²) in [5, 5.41) is 10.9. The third-order valence-corrected chi connectivity index (χ3v) is 3.39. The quantitative estimate of drug-likeness (QED) is 0.618. The van der Waals surface area contributed by atoms with E-state index >= 15 is 0 Å². The zero-order valence-electron chi connectivity index (χ0n) is 11.3. The summed E-state index contributed by atoms with van der Waals surface area (Å²) in [5.74, 6) is 0. The normalized spacial score (nSPS) is 10.8. The second-order valence-electron chi connectivity index (χ2n) is 4.80. The fourth-order valence-electron chi connectivity index (χ4n) is 2.29. The number of aromatic nitrogens is 1.